The number of carbonyl (C=O) groups is 1. The Balaban J connectivity index is 1.98. The Labute approximate surface area is 135 Å². The Hall–Kier alpha value is -1.70. The fourth-order valence-electron chi connectivity index (χ4n) is 3.27. The summed E-state index contributed by atoms with van der Waals surface area (Å²) in [5.41, 5.74) is 0.0345. The van der Waals surface area contributed by atoms with Crippen molar-refractivity contribution in [3.05, 3.63) is 41.5 Å². The highest BCUT2D eigenvalue weighted by Crippen LogP contribution is 2.37. The van der Waals surface area contributed by atoms with Gasteiger partial charge in [-0.3, -0.25) is 0 Å². The van der Waals surface area contributed by atoms with Crippen molar-refractivity contribution in [1.29, 1.82) is 0 Å². The number of ether oxygens (including phenoxy) is 1. The molecule has 3 rings (SSSR count). The van der Waals surface area contributed by atoms with E-state index < -0.39 is 21.5 Å². The number of carboxylic acid groups (broad SMARTS) is 1. The second-order valence-corrected chi connectivity index (χ2v) is 7.80. The third-order valence-electron chi connectivity index (χ3n) is 4.57. The van der Waals surface area contributed by atoms with Crippen LogP contribution in [0.1, 0.15) is 28.8 Å². The van der Waals surface area contributed by atoms with Crippen molar-refractivity contribution in [2.45, 2.75) is 30.2 Å². The van der Waals surface area contributed by atoms with E-state index in [2.05, 4.69) is 0 Å². The molecule has 1 aromatic carbocycles. The van der Waals surface area contributed by atoms with E-state index in [-0.39, 0.29) is 10.5 Å². The van der Waals surface area contributed by atoms with Crippen LogP contribution in [0.2, 0.25) is 0 Å². The lowest BCUT2D eigenvalue weighted by molar-refractivity contribution is 0.0355. The highest BCUT2D eigenvalue weighted by Gasteiger charge is 2.45. The largest absolute Gasteiger partial charge is 0.478 e. The Bertz CT molecular complexity index is 763. The van der Waals surface area contributed by atoms with Crippen LogP contribution >= 0.6 is 0 Å². The van der Waals surface area contributed by atoms with E-state index in [1.165, 1.54) is 22.5 Å². The SMILES string of the molecule is Cc1cc(S(=O)(=O)N2CC=CC23CCOCC3)ccc1C(=O)O. The van der Waals surface area contributed by atoms with Gasteiger partial charge < -0.3 is 9.84 Å². The van der Waals surface area contributed by atoms with Crippen molar-refractivity contribution in [2.75, 3.05) is 19.8 Å². The zero-order valence-corrected chi connectivity index (χ0v) is 13.7. The topological polar surface area (TPSA) is 83.9 Å². The molecule has 1 aromatic rings. The number of nitrogens with zero attached hydrogens (tertiary/aromatic N) is 1. The molecule has 1 N–H and O–H groups in total. The van der Waals surface area contributed by atoms with E-state index in [9.17, 15) is 13.2 Å². The monoisotopic (exact) mass is 337 g/mol. The number of aryl methyl sites for hydroxylation is 1. The fraction of sp³-hybridized carbons (Fsp3) is 0.438. The highest BCUT2D eigenvalue weighted by molar-refractivity contribution is 7.89. The third-order valence-corrected chi connectivity index (χ3v) is 6.51. The van der Waals surface area contributed by atoms with Gasteiger partial charge in [0.05, 0.1) is 16.0 Å². The average molecular weight is 337 g/mol. The number of hydrogen-bond acceptors (Lipinski definition) is 4. The molecule has 1 fully saturated rings. The van der Waals surface area contributed by atoms with Crippen molar-refractivity contribution >= 4 is 16.0 Å². The number of aromatic carboxylic acids is 1. The Kier molecular flexibility index (Phi) is 4.03. The lowest BCUT2D eigenvalue weighted by Crippen LogP contribution is -2.50. The Morgan fingerprint density at radius 2 is 2.00 bits per heavy atom. The molecule has 1 saturated heterocycles. The van der Waals surface area contributed by atoms with Gasteiger partial charge in [-0.1, -0.05) is 12.2 Å². The van der Waals surface area contributed by atoms with Crippen LogP contribution in [-0.2, 0) is 14.8 Å². The van der Waals surface area contributed by atoms with Gasteiger partial charge in [0.1, 0.15) is 0 Å². The number of carboxylic acids is 1. The van der Waals surface area contributed by atoms with Gasteiger partial charge in [-0.2, -0.15) is 4.31 Å². The summed E-state index contributed by atoms with van der Waals surface area (Å²) in [6.45, 7) is 3.01. The van der Waals surface area contributed by atoms with Crippen molar-refractivity contribution in [3.8, 4) is 0 Å². The van der Waals surface area contributed by atoms with Crippen molar-refractivity contribution in [2.24, 2.45) is 0 Å². The second-order valence-electron chi connectivity index (χ2n) is 5.94. The predicted molar refractivity (Wildman–Crippen MR) is 84.0 cm³/mol. The lowest BCUT2D eigenvalue weighted by atomic mass is 9.92. The van der Waals surface area contributed by atoms with Crippen LogP contribution in [0.5, 0.6) is 0 Å². The summed E-state index contributed by atoms with van der Waals surface area (Å²) < 4.78 is 33.0. The van der Waals surface area contributed by atoms with Crippen LogP contribution in [0.3, 0.4) is 0 Å². The molecular formula is C16H19NO5S. The molecule has 0 saturated carbocycles. The summed E-state index contributed by atoms with van der Waals surface area (Å²) in [4.78, 5) is 11.2. The molecule has 0 aromatic heterocycles. The van der Waals surface area contributed by atoms with Crippen LogP contribution in [-0.4, -0.2) is 49.1 Å². The summed E-state index contributed by atoms with van der Waals surface area (Å²) >= 11 is 0. The van der Waals surface area contributed by atoms with E-state index in [4.69, 9.17) is 9.84 Å². The molecule has 2 heterocycles. The minimum absolute atomic E-state index is 0.115. The zero-order valence-electron chi connectivity index (χ0n) is 12.9. The van der Waals surface area contributed by atoms with Gasteiger partial charge in [0.15, 0.2) is 0 Å². The van der Waals surface area contributed by atoms with Crippen LogP contribution in [0.4, 0.5) is 0 Å². The molecule has 6 nitrogen and oxygen atoms in total. The predicted octanol–water partition coefficient (Wildman–Crippen LogP) is 1.80. The van der Waals surface area contributed by atoms with Crippen LogP contribution in [0.15, 0.2) is 35.2 Å². The Morgan fingerprint density at radius 3 is 2.61 bits per heavy atom. The maximum absolute atomic E-state index is 13.0. The van der Waals surface area contributed by atoms with E-state index in [1.54, 1.807) is 6.92 Å². The summed E-state index contributed by atoms with van der Waals surface area (Å²) in [7, 11) is -3.69. The minimum Gasteiger partial charge on any atom is -0.478 e. The summed E-state index contributed by atoms with van der Waals surface area (Å²) in [6.07, 6.45) is 5.11. The first-order valence-corrected chi connectivity index (χ1v) is 8.93. The molecule has 1 spiro atoms. The van der Waals surface area contributed by atoms with Gasteiger partial charge in [-0.15, -0.1) is 0 Å². The van der Waals surface area contributed by atoms with Crippen LogP contribution in [0.25, 0.3) is 0 Å². The van der Waals surface area contributed by atoms with E-state index in [1.807, 2.05) is 12.2 Å². The van der Waals surface area contributed by atoms with Crippen LogP contribution in [0, 0.1) is 6.92 Å². The van der Waals surface area contributed by atoms with Gasteiger partial charge in [0, 0.05) is 19.8 Å². The molecular weight excluding hydrogens is 318 g/mol. The maximum Gasteiger partial charge on any atom is 0.335 e. The molecule has 0 bridgehead atoms. The second kappa shape index (κ2) is 5.74. The number of rotatable bonds is 3. The molecule has 2 aliphatic rings. The van der Waals surface area contributed by atoms with Crippen molar-refractivity contribution < 1.29 is 23.1 Å². The zero-order chi connectivity index (χ0) is 16.7. The van der Waals surface area contributed by atoms with E-state index >= 15 is 0 Å². The summed E-state index contributed by atoms with van der Waals surface area (Å²) in [5, 5.41) is 9.09. The number of hydrogen-bond donors (Lipinski definition) is 1. The molecule has 124 valence electrons. The summed E-state index contributed by atoms with van der Waals surface area (Å²) in [6, 6.07) is 4.16. The third kappa shape index (κ3) is 2.69. The van der Waals surface area contributed by atoms with Gasteiger partial charge in [-0.25, -0.2) is 13.2 Å². The number of benzene rings is 1. The maximum atomic E-state index is 13.0. The molecule has 23 heavy (non-hydrogen) atoms. The smallest absolute Gasteiger partial charge is 0.335 e. The minimum atomic E-state index is -3.69. The fourth-order valence-corrected chi connectivity index (χ4v) is 5.10. The average Bonchev–Trinajstić information content (AvgIpc) is 2.91. The van der Waals surface area contributed by atoms with Gasteiger partial charge >= 0.3 is 5.97 Å². The van der Waals surface area contributed by atoms with Gasteiger partial charge in [-0.05, 0) is 43.5 Å². The molecule has 7 heteroatoms. The standard InChI is InChI=1S/C16H19NO5S/c1-12-11-13(3-4-14(12)15(18)19)23(20,21)17-8-2-5-16(17)6-9-22-10-7-16/h2-5,11H,6-10H2,1H3,(H,18,19). The molecule has 0 amide bonds. The van der Waals surface area contributed by atoms with E-state index in [0.717, 1.165) is 0 Å². The first-order valence-electron chi connectivity index (χ1n) is 7.49. The highest BCUT2D eigenvalue weighted by atomic mass is 32.2. The number of sulfonamides is 1. The molecule has 0 radical (unpaired) electrons. The molecule has 0 aliphatic carbocycles. The van der Waals surface area contributed by atoms with Crippen molar-refractivity contribution in [1.82, 2.24) is 4.31 Å². The molecule has 2 aliphatic heterocycles. The normalized spacial score (nSPS) is 20.9. The van der Waals surface area contributed by atoms with E-state index in [0.29, 0.717) is 38.2 Å². The molecule has 0 unspecified atom stereocenters. The first kappa shape index (κ1) is 16.2. The Morgan fingerprint density at radius 1 is 1.30 bits per heavy atom. The van der Waals surface area contributed by atoms with Crippen LogP contribution < -0.4 is 0 Å². The van der Waals surface area contributed by atoms with Gasteiger partial charge in [0.2, 0.25) is 10.0 Å². The quantitative estimate of drug-likeness (QED) is 0.850. The molecule has 0 atom stereocenters. The van der Waals surface area contributed by atoms with Crippen molar-refractivity contribution in [3.63, 3.8) is 0 Å². The first-order chi connectivity index (χ1) is 10.9. The van der Waals surface area contributed by atoms with Gasteiger partial charge in [0.25, 0.3) is 0 Å². The lowest BCUT2D eigenvalue weighted by Gasteiger charge is -2.39. The summed E-state index contributed by atoms with van der Waals surface area (Å²) in [5.74, 6) is -1.06.